The number of carbonyl (C=O) groups excluding carboxylic acids is 4. The third-order valence-electron chi connectivity index (χ3n) is 13.9. The van der Waals surface area contributed by atoms with Gasteiger partial charge in [-0.25, -0.2) is 0 Å². The van der Waals surface area contributed by atoms with E-state index >= 15 is 0 Å². The number of ether oxygens (including phenoxy) is 3. The van der Waals surface area contributed by atoms with Crippen LogP contribution in [0.15, 0.2) is 12.2 Å². The average molecular weight is 976 g/mol. The Morgan fingerprint density at radius 2 is 0.725 bits per heavy atom. The van der Waals surface area contributed by atoms with Gasteiger partial charge in [-0.2, -0.15) is 0 Å². The zero-order valence-electron chi connectivity index (χ0n) is 46.6. The van der Waals surface area contributed by atoms with Gasteiger partial charge in [-0.1, -0.05) is 195 Å². The Balaban J connectivity index is 5.11. The number of allylic oxidation sites excluding steroid dienone is 2. The van der Waals surface area contributed by atoms with Crippen molar-refractivity contribution in [2.24, 2.45) is 11.8 Å². The van der Waals surface area contributed by atoms with Gasteiger partial charge in [-0.3, -0.25) is 19.2 Å². The molecule has 0 aromatic carbocycles. The van der Waals surface area contributed by atoms with Crippen molar-refractivity contribution in [2.75, 3.05) is 52.5 Å². The molecule has 0 aromatic rings. The Kier molecular flexibility index (Phi) is 50.1. The van der Waals surface area contributed by atoms with Crippen molar-refractivity contribution in [1.82, 2.24) is 9.80 Å². The topological polar surface area (TPSA) is 102 Å². The van der Waals surface area contributed by atoms with Crippen LogP contribution in [0, 0.1) is 11.8 Å². The molecule has 9 nitrogen and oxygen atoms in total. The Bertz CT molecular complexity index is 1180. The molecule has 0 saturated heterocycles. The van der Waals surface area contributed by atoms with Gasteiger partial charge in [0.15, 0.2) is 0 Å². The van der Waals surface area contributed by atoms with Crippen LogP contribution in [0.3, 0.4) is 0 Å². The first-order valence-electron chi connectivity index (χ1n) is 29.9. The highest BCUT2D eigenvalue weighted by Crippen LogP contribution is 2.20. The summed E-state index contributed by atoms with van der Waals surface area (Å²) in [6, 6.07) is 0. The van der Waals surface area contributed by atoms with E-state index in [1.807, 2.05) is 4.90 Å². The molecule has 406 valence electrons. The quantitative estimate of drug-likeness (QED) is 0.0257. The second kappa shape index (κ2) is 51.9. The molecule has 0 N–H and O–H groups in total. The predicted molar refractivity (Wildman–Crippen MR) is 292 cm³/mol. The Morgan fingerprint density at radius 3 is 1.14 bits per heavy atom. The lowest BCUT2D eigenvalue weighted by Crippen LogP contribution is -2.39. The summed E-state index contributed by atoms with van der Waals surface area (Å²) in [6.07, 6.45) is 44.7. The predicted octanol–water partition coefficient (Wildman–Crippen LogP) is 16.5. The van der Waals surface area contributed by atoms with Crippen LogP contribution >= 0.6 is 0 Å². The molecule has 0 spiro atoms. The van der Waals surface area contributed by atoms with Gasteiger partial charge in [0.25, 0.3) is 0 Å². The monoisotopic (exact) mass is 975 g/mol. The Morgan fingerprint density at radius 1 is 0.377 bits per heavy atom. The molecule has 0 aromatic heterocycles. The fraction of sp³-hybridized carbons (Fsp3) is 0.900. The van der Waals surface area contributed by atoms with Gasteiger partial charge in [0.2, 0.25) is 5.91 Å². The normalized spacial score (nSPS) is 12.1. The van der Waals surface area contributed by atoms with Crippen molar-refractivity contribution in [3.05, 3.63) is 12.2 Å². The molecular weight excluding hydrogens is 861 g/mol. The molecule has 0 heterocycles. The summed E-state index contributed by atoms with van der Waals surface area (Å²) in [6.45, 7) is 18.2. The molecule has 1 unspecified atom stereocenters. The van der Waals surface area contributed by atoms with E-state index in [1.54, 1.807) is 0 Å². The Hall–Kier alpha value is -2.42. The number of carbonyl (C=O) groups is 4. The highest BCUT2D eigenvalue weighted by atomic mass is 16.5. The summed E-state index contributed by atoms with van der Waals surface area (Å²) >= 11 is 0. The molecule has 0 fully saturated rings. The molecule has 0 aliphatic rings. The van der Waals surface area contributed by atoms with E-state index in [2.05, 4.69) is 58.6 Å². The summed E-state index contributed by atoms with van der Waals surface area (Å²) < 4.78 is 17.5. The third-order valence-corrected chi connectivity index (χ3v) is 13.9. The maximum atomic E-state index is 13.7. The molecule has 1 atom stereocenters. The number of rotatable bonds is 53. The number of nitrogens with zero attached hydrogens (tertiary/aromatic N) is 2. The smallest absolute Gasteiger partial charge is 0.305 e. The van der Waals surface area contributed by atoms with Crippen LogP contribution in [0.2, 0.25) is 0 Å². The van der Waals surface area contributed by atoms with Crippen molar-refractivity contribution in [3.8, 4) is 0 Å². The first-order chi connectivity index (χ1) is 33.7. The van der Waals surface area contributed by atoms with Crippen LogP contribution in [0.4, 0.5) is 0 Å². The zero-order valence-corrected chi connectivity index (χ0v) is 46.6. The zero-order chi connectivity index (χ0) is 50.7. The Labute approximate surface area is 427 Å². The molecule has 0 aliphatic heterocycles. The van der Waals surface area contributed by atoms with Gasteiger partial charge in [0.05, 0.1) is 19.8 Å². The van der Waals surface area contributed by atoms with Gasteiger partial charge >= 0.3 is 17.9 Å². The standard InChI is InChI=1S/C60H114N2O7/c1-7-13-17-21-22-23-24-25-26-27-28-29-30-32-38-46-59(65)68-53-56(51-62(50-42-41-49-61(11-5)12-6)57(63)45-37-31-18-14-8-2)54-69-60(66)48-40-34-33-39-47-58(64)67-52-55(43-35-19-15-9-3)44-36-20-16-10-4/h25-26,55-56H,7-24,27-54H2,1-6H3/b26-25-. The summed E-state index contributed by atoms with van der Waals surface area (Å²) in [7, 11) is 0. The van der Waals surface area contributed by atoms with Crippen molar-refractivity contribution in [1.29, 1.82) is 0 Å². The largest absolute Gasteiger partial charge is 0.465 e. The molecule has 0 bridgehead atoms. The molecular formula is C60H114N2O7. The van der Waals surface area contributed by atoms with Crippen molar-refractivity contribution in [2.45, 2.75) is 286 Å². The van der Waals surface area contributed by atoms with Gasteiger partial charge in [-0.15, -0.1) is 0 Å². The van der Waals surface area contributed by atoms with E-state index in [9.17, 15) is 19.2 Å². The average Bonchev–Trinajstić information content (AvgIpc) is 3.35. The molecule has 0 saturated carbocycles. The fourth-order valence-corrected chi connectivity index (χ4v) is 9.11. The molecule has 1 amide bonds. The SMILES string of the molecule is CCCCCCCC/C=C\CCCCCCCC(=O)OCC(COC(=O)CCCCCCC(=O)OCC(CCCCCC)CCCCCC)CN(CCCCN(CC)CC)C(=O)CCCCCCC. The number of esters is 3. The molecule has 69 heavy (non-hydrogen) atoms. The van der Waals surface area contributed by atoms with E-state index in [0.717, 1.165) is 110 Å². The van der Waals surface area contributed by atoms with Crippen LogP contribution in [-0.2, 0) is 33.4 Å². The summed E-state index contributed by atoms with van der Waals surface area (Å²) in [5.41, 5.74) is 0. The number of unbranched alkanes of at least 4 members (excludes halogenated alkanes) is 25. The maximum Gasteiger partial charge on any atom is 0.305 e. The first-order valence-corrected chi connectivity index (χ1v) is 29.9. The van der Waals surface area contributed by atoms with Crippen LogP contribution in [-0.4, -0.2) is 86.2 Å². The highest BCUT2D eigenvalue weighted by molar-refractivity contribution is 5.76. The highest BCUT2D eigenvalue weighted by Gasteiger charge is 2.22. The van der Waals surface area contributed by atoms with E-state index in [-0.39, 0.29) is 42.9 Å². The number of amides is 1. The lowest BCUT2D eigenvalue weighted by molar-refractivity contribution is -0.150. The minimum Gasteiger partial charge on any atom is -0.465 e. The summed E-state index contributed by atoms with van der Waals surface area (Å²) in [4.78, 5) is 56.8. The van der Waals surface area contributed by atoms with Crippen molar-refractivity contribution in [3.63, 3.8) is 0 Å². The minimum absolute atomic E-state index is 0.103. The van der Waals surface area contributed by atoms with Gasteiger partial charge in [-0.05, 0) is 103 Å². The van der Waals surface area contributed by atoms with Crippen molar-refractivity contribution >= 4 is 23.8 Å². The lowest BCUT2D eigenvalue weighted by Gasteiger charge is -2.28. The second-order valence-electron chi connectivity index (χ2n) is 20.5. The van der Waals surface area contributed by atoms with Gasteiger partial charge in [0.1, 0.15) is 0 Å². The van der Waals surface area contributed by atoms with E-state index < -0.39 is 0 Å². The second-order valence-corrected chi connectivity index (χ2v) is 20.5. The van der Waals surface area contributed by atoms with Crippen LogP contribution < -0.4 is 0 Å². The van der Waals surface area contributed by atoms with Crippen LogP contribution in [0.5, 0.6) is 0 Å². The summed E-state index contributed by atoms with van der Waals surface area (Å²) in [5, 5.41) is 0. The van der Waals surface area contributed by atoms with Gasteiger partial charge in [0, 0.05) is 44.7 Å². The van der Waals surface area contributed by atoms with Crippen LogP contribution in [0.25, 0.3) is 0 Å². The van der Waals surface area contributed by atoms with E-state index in [4.69, 9.17) is 14.2 Å². The van der Waals surface area contributed by atoms with Gasteiger partial charge < -0.3 is 24.0 Å². The van der Waals surface area contributed by atoms with Crippen LogP contribution in [0.1, 0.15) is 286 Å². The molecule has 0 radical (unpaired) electrons. The lowest BCUT2D eigenvalue weighted by atomic mass is 9.95. The molecule has 9 heteroatoms. The minimum atomic E-state index is -0.294. The maximum absolute atomic E-state index is 13.7. The molecule has 0 rings (SSSR count). The van der Waals surface area contributed by atoms with E-state index in [0.29, 0.717) is 57.7 Å². The first kappa shape index (κ1) is 66.6. The fourth-order valence-electron chi connectivity index (χ4n) is 9.11. The summed E-state index contributed by atoms with van der Waals surface area (Å²) in [5.74, 6) is -0.278. The molecule has 0 aliphatic carbocycles. The van der Waals surface area contributed by atoms with E-state index in [1.165, 1.54) is 122 Å². The third kappa shape index (κ3) is 45.2. The van der Waals surface area contributed by atoms with Crippen molar-refractivity contribution < 1.29 is 33.4 Å². The number of hydrogen-bond donors (Lipinski definition) is 0. The number of hydrogen-bond acceptors (Lipinski definition) is 8.